The van der Waals surface area contributed by atoms with E-state index in [1.54, 1.807) is 7.11 Å². The molecule has 5 nitrogen and oxygen atoms in total. The molecule has 1 aliphatic carbocycles. The molecule has 1 saturated carbocycles. The smallest absolute Gasteiger partial charge is 0.264 e. The Kier molecular flexibility index (Phi) is 7.22. The molecule has 1 fully saturated rings. The van der Waals surface area contributed by atoms with E-state index in [1.807, 2.05) is 49.8 Å². The van der Waals surface area contributed by atoms with Crippen molar-refractivity contribution in [2.75, 3.05) is 14.2 Å². The number of rotatable bonds is 7. The molecule has 0 unspecified atom stereocenters. The van der Waals surface area contributed by atoms with E-state index in [9.17, 15) is 4.79 Å². The number of aryl methyl sites for hydroxylation is 1. The topological polar surface area (TPSA) is 54.5 Å². The Morgan fingerprint density at radius 1 is 1.16 bits per heavy atom. The number of hydrogen-bond acceptors (Lipinski definition) is 5. The fraction of sp³-hybridized carbons (Fsp3) is 0.385. The average Bonchev–Trinajstić information content (AvgIpc) is 3.38. The first-order valence-corrected chi connectivity index (χ1v) is 12.1. The molecule has 6 heteroatoms. The predicted molar refractivity (Wildman–Crippen MR) is 130 cm³/mol. The van der Waals surface area contributed by atoms with Crippen LogP contribution in [-0.4, -0.2) is 42.0 Å². The van der Waals surface area contributed by atoms with Gasteiger partial charge in [-0.3, -0.25) is 9.78 Å². The number of nitrogens with one attached hydrogen (secondary N) is 1. The molecule has 2 aromatic heterocycles. The first-order chi connectivity index (χ1) is 15.6. The molecular weight excluding hydrogens is 418 g/mol. The summed E-state index contributed by atoms with van der Waals surface area (Å²) in [6, 6.07) is 14.9. The molecule has 4 rings (SSSR count). The van der Waals surface area contributed by atoms with Gasteiger partial charge in [0.15, 0.2) is 0 Å². The Morgan fingerprint density at radius 2 is 1.94 bits per heavy atom. The molecule has 0 bridgehead atoms. The van der Waals surface area contributed by atoms with Gasteiger partial charge in [0.2, 0.25) is 0 Å². The van der Waals surface area contributed by atoms with Gasteiger partial charge in [-0.25, -0.2) is 0 Å². The van der Waals surface area contributed by atoms with E-state index in [0.717, 1.165) is 58.7 Å². The first kappa shape index (κ1) is 22.5. The van der Waals surface area contributed by atoms with Crippen molar-refractivity contribution in [3.63, 3.8) is 0 Å². The first-order valence-electron chi connectivity index (χ1n) is 11.2. The molecule has 32 heavy (non-hydrogen) atoms. The van der Waals surface area contributed by atoms with Crippen LogP contribution in [0.5, 0.6) is 5.75 Å². The van der Waals surface area contributed by atoms with E-state index in [2.05, 4.69) is 33.4 Å². The van der Waals surface area contributed by atoms with Gasteiger partial charge in [-0.2, -0.15) is 0 Å². The van der Waals surface area contributed by atoms with Crippen molar-refractivity contribution in [2.24, 2.45) is 0 Å². The normalized spacial score (nSPS) is 18.3. The lowest BCUT2D eigenvalue weighted by Gasteiger charge is -2.37. The number of amides is 1. The van der Waals surface area contributed by atoms with Crippen LogP contribution in [-0.2, 0) is 6.54 Å². The zero-order valence-electron chi connectivity index (χ0n) is 19.0. The monoisotopic (exact) mass is 449 g/mol. The number of carbonyl (C=O) groups excluding carboxylic acids is 1. The second kappa shape index (κ2) is 10.3. The largest absolute Gasteiger partial charge is 0.496 e. The van der Waals surface area contributed by atoms with Gasteiger partial charge in [-0.15, -0.1) is 11.3 Å². The molecular formula is C26H31N3O2S. The summed E-state index contributed by atoms with van der Waals surface area (Å²) in [5.74, 6) is 0.916. The zero-order valence-corrected chi connectivity index (χ0v) is 19.8. The van der Waals surface area contributed by atoms with E-state index in [-0.39, 0.29) is 11.9 Å². The molecule has 1 aliphatic rings. The number of nitrogens with zero attached hydrogens (tertiary/aromatic N) is 2. The van der Waals surface area contributed by atoms with Crippen LogP contribution in [0.3, 0.4) is 0 Å². The number of benzene rings is 1. The second-order valence-electron chi connectivity index (χ2n) is 8.42. The highest BCUT2D eigenvalue weighted by molar-refractivity contribution is 7.12. The third-order valence-corrected chi connectivity index (χ3v) is 7.26. The van der Waals surface area contributed by atoms with Crippen LogP contribution in [0.1, 0.15) is 46.6 Å². The molecule has 0 spiro atoms. The lowest BCUT2D eigenvalue weighted by atomic mass is 9.89. The van der Waals surface area contributed by atoms with Crippen molar-refractivity contribution in [2.45, 2.75) is 51.2 Å². The lowest BCUT2D eigenvalue weighted by molar-refractivity contribution is 0.0604. The van der Waals surface area contributed by atoms with Crippen molar-refractivity contribution in [3.05, 3.63) is 70.2 Å². The zero-order chi connectivity index (χ0) is 22.5. The van der Waals surface area contributed by atoms with Crippen molar-refractivity contribution < 1.29 is 9.53 Å². The van der Waals surface area contributed by atoms with Crippen LogP contribution in [0.15, 0.2) is 54.0 Å². The maximum Gasteiger partial charge on any atom is 0.264 e. The number of methoxy groups -OCH3 is 1. The van der Waals surface area contributed by atoms with Crippen LogP contribution < -0.4 is 10.1 Å². The van der Waals surface area contributed by atoms with Gasteiger partial charge < -0.3 is 15.0 Å². The molecule has 1 aromatic carbocycles. The van der Waals surface area contributed by atoms with Crippen molar-refractivity contribution in [3.8, 4) is 16.9 Å². The number of ether oxygens (including phenoxy) is 1. The van der Waals surface area contributed by atoms with Crippen molar-refractivity contribution in [1.29, 1.82) is 0 Å². The molecule has 0 saturated heterocycles. The molecule has 0 radical (unpaired) electrons. The Hall–Kier alpha value is -2.70. The number of carbonyl (C=O) groups is 1. The Labute approximate surface area is 194 Å². The molecule has 1 N–H and O–H groups in total. The van der Waals surface area contributed by atoms with Crippen LogP contribution in [0, 0.1) is 6.92 Å². The predicted octanol–water partition coefficient (Wildman–Crippen LogP) is 5.30. The highest BCUT2D eigenvalue weighted by Crippen LogP contribution is 2.31. The average molecular weight is 450 g/mol. The summed E-state index contributed by atoms with van der Waals surface area (Å²) in [7, 11) is 3.71. The SMILES string of the molecule is CNC1CCC(N(Cc2cc(-c3ccc(C)nc3)ccc2OC)C(=O)c2cccs2)CC1. The van der Waals surface area contributed by atoms with E-state index >= 15 is 0 Å². The molecule has 168 valence electrons. The number of hydrogen-bond donors (Lipinski definition) is 1. The van der Waals surface area contributed by atoms with E-state index in [0.29, 0.717) is 12.6 Å². The highest BCUT2D eigenvalue weighted by Gasteiger charge is 2.30. The summed E-state index contributed by atoms with van der Waals surface area (Å²) < 4.78 is 5.69. The third-order valence-electron chi connectivity index (χ3n) is 6.40. The summed E-state index contributed by atoms with van der Waals surface area (Å²) in [6.45, 7) is 2.52. The van der Waals surface area contributed by atoms with Crippen molar-refractivity contribution in [1.82, 2.24) is 15.2 Å². The lowest BCUT2D eigenvalue weighted by Crippen LogP contribution is -2.44. The van der Waals surface area contributed by atoms with Crippen molar-refractivity contribution >= 4 is 17.2 Å². The van der Waals surface area contributed by atoms with Crippen LogP contribution in [0.2, 0.25) is 0 Å². The second-order valence-corrected chi connectivity index (χ2v) is 9.37. The minimum Gasteiger partial charge on any atom is -0.496 e. The third kappa shape index (κ3) is 5.03. The van der Waals surface area contributed by atoms with Gasteiger partial charge in [0.05, 0.1) is 12.0 Å². The van der Waals surface area contributed by atoms with Gasteiger partial charge in [0, 0.05) is 41.6 Å². The van der Waals surface area contributed by atoms with Crippen LogP contribution >= 0.6 is 11.3 Å². The van der Waals surface area contributed by atoms with E-state index in [1.165, 1.54) is 11.3 Å². The van der Waals surface area contributed by atoms with Gasteiger partial charge in [-0.05, 0) is 74.9 Å². The Balaban J connectivity index is 1.65. The number of aromatic nitrogens is 1. The van der Waals surface area contributed by atoms with Gasteiger partial charge >= 0.3 is 0 Å². The summed E-state index contributed by atoms with van der Waals surface area (Å²) in [5, 5.41) is 5.36. The maximum atomic E-state index is 13.5. The number of pyridine rings is 1. The van der Waals surface area contributed by atoms with Gasteiger partial charge in [0.25, 0.3) is 5.91 Å². The number of thiophene rings is 1. The standard InChI is InChI=1S/C26H31N3O2S/c1-18-6-7-20(16-28-18)19-8-13-24(31-3)21(15-19)17-29(26(30)25-5-4-14-32-25)23-11-9-22(27-2)10-12-23/h4-8,13-16,22-23,27H,9-12,17H2,1-3H3. The van der Waals surface area contributed by atoms with Gasteiger partial charge in [0.1, 0.15) is 5.75 Å². The summed E-state index contributed by atoms with van der Waals surface area (Å²) in [5.41, 5.74) is 4.15. The summed E-state index contributed by atoms with van der Waals surface area (Å²) in [4.78, 5) is 20.8. The summed E-state index contributed by atoms with van der Waals surface area (Å²) >= 11 is 1.51. The quantitative estimate of drug-likeness (QED) is 0.532. The molecule has 3 aromatic rings. The molecule has 1 amide bonds. The minimum atomic E-state index is 0.109. The molecule has 0 aliphatic heterocycles. The van der Waals surface area contributed by atoms with E-state index < -0.39 is 0 Å². The van der Waals surface area contributed by atoms with Crippen LogP contribution in [0.25, 0.3) is 11.1 Å². The summed E-state index contributed by atoms with van der Waals surface area (Å²) in [6.07, 6.45) is 6.08. The Bertz CT molecular complexity index is 1030. The fourth-order valence-electron chi connectivity index (χ4n) is 4.49. The van der Waals surface area contributed by atoms with Gasteiger partial charge in [-0.1, -0.05) is 18.2 Å². The van der Waals surface area contributed by atoms with E-state index in [4.69, 9.17) is 4.74 Å². The highest BCUT2D eigenvalue weighted by atomic mass is 32.1. The molecule has 2 heterocycles. The molecule has 0 atom stereocenters. The maximum absolute atomic E-state index is 13.5. The Morgan fingerprint density at radius 3 is 2.56 bits per heavy atom. The fourth-order valence-corrected chi connectivity index (χ4v) is 5.17. The minimum absolute atomic E-state index is 0.109. The van der Waals surface area contributed by atoms with Crippen LogP contribution in [0.4, 0.5) is 0 Å².